The Labute approximate surface area is 139 Å². The highest BCUT2D eigenvalue weighted by molar-refractivity contribution is 5.91. The lowest BCUT2D eigenvalue weighted by atomic mass is 9.81. The number of hydrogen-bond donors (Lipinski definition) is 2. The first-order chi connectivity index (χ1) is 11.7. The van der Waals surface area contributed by atoms with Gasteiger partial charge in [-0.05, 0) is 34.5 Å². The summed E-state index contributed by atoms with van der Waals surface area (Å²) < 4.78 is 5.69. The molecule has 116 valence electrons. The summed E-state index contributed by atoms with van der Waals surface area (Å²) in [6, 6.07) is 20.9. The Bertz CT molecular complexity index is 1020. The van der Waals surface area contributed by atoms with Gasteiger partial charge in [0.1, 0.15) is 23.1 Å². The van der Waals surface area contributed by atoms with Crippen LogP contribution in [0.1, 0.15) is 17.0 Å². The second-order valence-electron chi connectivity index (χ2n) is 5.72. The molecule has 0 amide bonds. The summed E-state index contributed by atoms with van der Waals surface area (Å²) in [5.41, 5.74) is 8.17. The van der Waals surface area contributed by atoms with Crippen molar-refractivity contribution in [1.29, 1.82) is 5.26 Å². The lowest BCUT2D eigenvalue weighted by molar-refractivity contribution is 0.395. The first kappa shape index (κ1) is 14.2. The molecule has 3 aromatic rings. The molecular formula is C20H14N2O2. The number of nitrogens with two attached hydrogens (primary N) is 1. The minimum Gasteiger partial charge on any atom is -0.508 e. The van der Waals surface area contributed by atoms with Crippen LogP contribution in [-0.2, 0) is 0 Å². The normalized spacial score (nSPS) is 16.4. The second kappa shape index (κ2) is 5.32. The first-order valence-corrected chi connectivity index (χ1v) is 7.57. The number of benzene rings is 3. The van der Waals surface area contributed by atoms with E-state index in [9.17, 15) is 10.4 Å². The Kier molecular flexibility index (Phi) is 3.14. The lowest BCUT2D eigenvalue weighted by Gasteiger charge is -2.27. The van der Waals surface area contributed by atoms with E-state index < -0.39 is 0 Å². The average molecular weight is 314 g/mol. The van der Waals surface area contributed by atoms with Gasteiger partial charge in [0.15, 0.2) is 0 Å². The lowest BCUT2D eigenvalue weighted by Crippen LogP contribution is -2.21. The summed E-state index contributed by atoms with van der Waals surface area (Å²) in [6.45, 7) is 0. The predicted molar refractivity (Wildman–Crippen MR) is 91.4 cm³/mol. The van der Waals surface area contributed by atoms with Crippen molar-refractivity contribution in [3.05, 3.63) is 83.2 Å². The predicted octanol–water partition coefficient (Wildman–Crippen LogP) is 3.76. The minimum atomic E-state index is -0.328. The summed E-state index contributed by atoms with van der Waals surface area (Å²) in [4.78, 5) is 0. The molecule has 0 aromatic heterocycles. The highest BCUT2D eigenvalue weighted by Crippen LogP contribution is 2.45. The number of nitriles is 1. The Hall–Kier alpha value is -3.45. The van der Waals surface area contributed by atoms with E-state index in [0.29, 0.717) is 11.3 Å². The topological polar surface area (TPSA) is 79.3 Å². The number of ether oxygens (including phenoxy) is 1. The van der Waals surface area contributed by atoms with Crippen molar-refractivity contribution in [2.24, 2.45) is 5.73 Å². The summed E-state index contributed by atoms with van der Waals surface area (Å²) >= 11 is 0. The Balaban J connectivity index is 2.09. The fourth-order valence-electron chi connectivity index (χ4n) is 3.26. The van der Waals surface area contributed by atoms with E-state index in [4.69, 9.17) is 10.5 Å². The number of nitrogens with zero attached hydrogens (tertiary/aromatic N) is 1. The largest absolute Gasteiger partial charge is 0.508 e. The van der Waals surface area contributed by atoms with Gasteiger partial charge in [-0.2, -0.15) is 5.26 Å². The van der Waals surface area contributed by atoms with Crippen LogP contribution >= 0.6 is 0 Å². The van der Waals surface area contributed by atoms with E-state index in [1.807, 2.05) is 48.5 Å². The Morgan fingerprint density at radius 1 is 1.04 bits per heavy atom. The monoisotopic (exact) mass is 314 g/mol. The van der Waals surface area contributed by atoms with Crippen LogP contribution in [0.25, 0.3) is 10.8 Å². The van der Waals surface area contributed by atoms with Crippen LogP contribution in [0.2, 0.25) is 0 Å². The molecule has 24 heavy (non-hydrogen) atoms. The van der Waals surface area contributed by atoms with Gasteiger partial charge < -0.3 is 15.6 Å². The van der Waals surface area contributed by atoms with Gasteiger partial charge in [0.25, 0.3) is 0 Å². The Morgan fingerprint density at radius 2 is 1.79 bits per heavy atom. The standard InChI is InChI=1S/C20H14N2O2/c21-11-16-18(13-4-2-1-3-5-13)19-15-10-14(23)8-6-12(15)7-9-17(19)24-20(16)22/h1-10,18,23H,22H2/t18-/m0/s1. The molecule has 0 saturated carbocycles. The van der Waals surface area contributed by atoms with Gasteiger partial charge in [0.2, 0.25) is 5.88 Å². The highest BCUT2D eigenvalue weighted by atomic mass is 16.5. The molecule has 1 aliphatic heterocycles. The van der Waals surface area contributed by atoms with Gasteiger partial charge in [-0.1, -0.05) is 42.5 Å². The molecule has 3 aromatic carbocycles. The van der Waals surface area contributed by atoms with Crippen LogP contribution < -0.4 is 10.5 Å². The number of allylic oxidation sites excluding steroid dienone is 1. The van der Waals surface area contributed by atoms with Crippen molar-refractivity contribution in [2.75, 3.05) is 0 Å². The van der Waals surface area contributed by atoms with Gasteiger partial charge in [-0.15, -0.1) is 0 Å². The molecule has 0 bridgehead atoms. The fourth-order valence-corrected chi connectivity index (χ4v) is 3.26. The van der Waals surface area contributed by atoms with Crippen molar-refractivity contribution in [3.8, 4) is 17.6 Å². The second-order valence-corrected chi connectivity index (χ2v) is 5.72. The van der Waals surface area contributed by atoms with Crippen LogP contribution in [-0.4, -0.2) is 5.11 Å². The van der Waals surface area contributed by atoms with E-state index in [1.54, 1.807) is 12.1 Å². The van der Waals surface area contributed by atoms with Crippen LogP contribution in [0, 0.1) is 11.3 Å². The van der Waals surface area contributed by atoms with Crippen LogP contribution in [0.3, 0.4) is 0 Å². The molecule has 0 fully saturated rings. The third-order valence-corrected chi connectivity index (χ3v) is 4.32. The molecule has 3 N–H and O–H groups in total. The number of hydrogen-bond acceptors (Lipinski definition) is 4. The van der Waals surface area contributed by atoms with E-state index in [-0.39, 0.29) is 17.6 Å². The van der Waals surface area contributed by atoms with Crippen molar-refractivity contribution >= 4 is 10.8 Å². The number of fused-ring (bicyclic) bond motifs is 3. The van der Waals surface area contributed by atoms with Gasteiger partial charge in [-0.25, -0.2) is 0 Å². The van der Waals surface area contributed by atoms with E-state index in [0.717, 1.165) is 21.9 Å². The summed E-state index contributed by atoms with van der Waals surface area (Å²) in [5, 5.41) is 21.4. The highest BCUT2D eigenvalue weighted by Gasteiger charge is 2.32. The molecule has 4 rings (SSSR count). The zero-order chi connectivity index (χ0) is 16.7. The molecule has 1 aliphatic rings. The van der Waals surface area contributed by atoms with Gasteiger partial charge in [0, 0.05) is 5.56 Å². The minimum absolute atomic E-state index is 0.123. The maximum absolute atomic E-state index is 9.92. The van der Waals surface area contributed by atoms with Gasteiger partial charge in [0.05, 0.1) is 5.92 Å². The summed E-state index contributed by atoms with van der Waals surface area (Å²) in [6.07, 6.45) is 0. The molecular weight excluding hydrogens is 300 g/mol. The van der Waals surface area contributed by atoms with Crippen molar-refractivity contribution in [2.45, 2.75) is 5.92 Å². The van der Waals surface area contributed by atoms with E-state index >= 15 is 0 Å². The number of phenolic OH excluding ortho intramolecular Hbond substituents is 1. The summed E-state index contributed by atoms with van der Waals surface area (Å²) in [5.74, 6) is 0.575. The van der Waals surface area contributed by atoms with E-state index in [1.165, 1.54) is 0 Å². The molecule has 0 radical (unpaired) electrons. The maximum atomic E-state index is 9.92. The van der Waals surface area contributed by atoms with Crippen LogP contribution in [0.4, 0.5) is 0 Å². The molecule has 0 unspecified atom stereocenters. The average Bonchev–Trinajstić information content (AvgIpc) is 2.61. The zero-order valence-corrected chi connectivity index (χ0v) is 12.7. The molecule has 0 aliphatic carbocycles. The molecule has 0 saturated heterocycles. The maximum Gasteiger partial charge on any atom is 0.205 e. The number of phenols is 1. The number of rotatable bonds is 1. The SMILES string of the molecule is N#CC1=C(N)Oc2ccc3ccc(O)cc3c2[C@H]1c1ccccc1. The van der Waals surface area contributed by atoms with Crippen LogP contribution in [0.15, 0.2) is 72.1 Å². The summed E-state index contributed by atoms with van der Waals surface area (Å²) in [7, 11) is 0. The van der Waals surface area contributed by atoms with Crippen LogP contribution in [0.5, 0.6) is 11.5 Å². The third kappa shape index (κ3) is 2.07. The molecule has 1 atom stereocenters. The molecule has 4 heteroatoms. The third-order valence-electron chi connectivity index (χ3n) is 4.32. The van der Waals surface area contributed by atoms with Gasteiger partial charge >= 0.3 is 0 Å². The molecule has 0 spiro atoms. The van der Waals surface area contributed by atoms with Gasteiger partial charge in [-0.3, -0.25) is 0 Å². The van der Waals surface area contributed by atoms with Crippen molar-refractivity contribution < 1.29 is 9.84 Å². The zero-order valence-electron chi connectivity index (χ0n) is 12.7. The number of aromatic hydroxyl groups is 1. The van der Waals surface area contributed by atoms with Crippen molar-refractivity contribution in [1.82, 2.24) is 0 Å². The first-order valence-electron chi connectivity index (χ1n) is 7.57. The smallest absolute Gasteiger partial charge is 0.205 e. The molecule has 4 nitrogen and oxygen atoms in total. The fraction of sp³-hybridized carbons (Fsp3) is 0.0500. The van der Waals surface area contributed by atoms with E-state index in [2.05, 4.69) is 6.07 Å². The quantitative estimate of drug-likeness (QED) is 0.716. The Morgan fingerprint density at radius 3 is 2.54 bits per heavy atom. The molecule has 1 heterocycles. The van der Waals surface area contributed by atoms with Crippen molar-refractivity contribution in [3.63, 3.8) is 0 Å².